The topological polar surface area (TPSA) is 68.7 Å². The molecule has 0 aliphatic carbocycles. The van der Waals surface area contributed by atoms with Crippen LogP contribution in [0.25, 0.3) is 11.0 Å². The Kier molecular flexibility index (Phi) is 3.19. The van der Waals surface area contributed by atoms with Gasteiger partial charge in [0.1, 0.15) is 12.0 Å². The molecular formula is C12H17N5. The van der Waals surface area contributed by atoms with E-state index in [1.165, 1.54) is 6.33 Å². The first-order valence-electron chi connectivity index (χ1n) is 5.62. The van der Waals surface area contributed by atoms with E-state index in [1.807, 2.05) is 26.4 Å². The van der Waals surface area contributed by atoms with Gasteiger partial charge in [-0.3, -0.25) is 0 Å². The van der Waals surface area contributed by atoms with Gasteiger partial charge in [-0.2, -0.15) is 0 Å². The molecule has 0 spiro atoms. The zero-order chi connectivity index (χ0) is 12.4. The van der Waals surface area contributed by atoms with Gasteiger partial charge in [-0.25, -0.2) is 9.97 Å². The van der Waals surface area contributed by atoms with E-state index in [4.69, 9.17) is 5.41 Å². The van der Waals surface area contributed by atoms with Crippen LogP contribution in [0.2, 0.25) is 0 Å². The summed E-state index contributed by atoms with van der Waals surface area (Å²) >= 11 is 0. The highest BCUT2D eigenvalue weighted by Gasteiger charge is 2.14. The van der Waals surface area contributed by atoms with Gasteiger partial charge in [0.05, 0.1) is 11.4 Å². The van der Waals surface area contributed by atoms with Crippen LogP contribution in [0.4, 0.5) is 0 Å². The molecule has 90 valence electrons. The highest BCUT2D eigenvalue weighted by Crippen LogP contribution is 2.15. The van der Waals surface area contributed by atoms with Gasteiger partial charge in [-0.05, 0) is 27.1 Å². The van der Waals surface area contributed by atoms with Gasteiger partial charge >= 0.3 is 0 Å². The molecule has 0 fully saturated rings. The Labute approximate surface area is 100 Å². The minimum absolute atomic E-state index is 0.325. The van der Waals surface area contributed by atoms with Crippen LogP contribution in [0.1, 0.15) is 19.0 Å². The Morgan fingerprint density at radius 3 is 2.94 bits per heavy atom. The molecule has 2 heterocycles. The summed E-state index contributed by atoms with van der Waals surface area (Å²) in [5, 5.41) is 9.06. The molecule has 0 amide bonds. The molecule has 5 nitrogen and oxygen atoms in total. The Balaban J connectivity index is 2.27. The van der Waals surface area contributed by atoms with Gasteiger partial charge < -0.3 is 15.3 Å². The lowest BCUT2D eigenvalue weighted by molar-refractivity contribution is 0.321. The Morgan fingerprint density at radius 2 is 2.24 bits per heavy atom. The fourth-order valence-corrected chi connectivity index (χ4v) is 1.69. The smallest absolute Gasteiger partial charge is 0.141 e. The number of aromatic nitrogens is 3. The van der Waals surface area contributed by atoms with Crippen molar-refractivity contribution >= 4 is 16.7 Å². The molecule has 2 rings (SSSR count). The van der Waals surface area contributed by atoms with Crippen LogP contribution >= 0.6 is 0 Å². The third-order valence-corrected chi connectivity index (χ3v) is 3.02. The van der Waals surface area contributed by atoms with Crippen molar-refractivity contribution in [2.45, 2.75) is 19.4 Å². The van der Waals surface area contributed by atoms with Gasteiger partial charge in [0.15, 0.2) is 0 Å². The number of H-pyrrole nitrogens is 1. The molecule has 0 aromatic carbocycles. The lowest BCUT2D eigenvalue weighted by Crippen LogP contribution is -2.27. The average Bonchev–Trinajstić information content (AvgIpc) is 2.76. The lowest BCUT2D eigenvalue weighted by atomic mass is 10.1. The number of nitrogens with one attached hydrogen (secondary N) is 2. The zero-order valence-corrected chi connectivity index (χ0v) is 10.4. The monoisotopic (exact) mass is 231 g/mol. The van der Waals surface area contributed by atoms with Crippen LogP contribution in [0.3, 0.4) is 0 Å². The molecule has 0 saturated heterocycles. The molecule has 5 heteroatoms. The second-order valence-corrected chi connectivity index (χ2v) is 4.46. The fourth-order valence-electron chi connectivity index (χ4n) is 1.69. The van der Waals surface area contributed by atoms with Gasteiger partial charge in [0.2, 0.25) is 0 Å². The van der Waals surface area contributed by atoms with E-state index in [2.05, 4.69) is 26.8 Å². The molecule has 1 atom stereocenters. The van der Waals surface area contributed by atoms with Crippen molar-refractivity contribution in [3.05, 3.63) is 24.3 Å². The summed E-state index contributed by atoms with van der Waals surface area (Å²) in [4.78, 5) is 13.5. The van der Waals surface area contributed by atoms with Crippen LogP contribution in [0.5, 0.6) is 0 Å². The first-order chi connectivity index (χ1) is 8.09. The highest BCUT2D eigenvalue weighted by molar-refractivity contribution is 6.06. The largest absolute Gasteiger partial charge is 0.346 e. The van der Waals surface area contributed by atoms with Gasteiger partial charge in [-0.15, -0.1) is 0 Å². The maximum absolute atomic E-state index is 8.14. The third kappa shape index (κ3) is 2.34. The molecule has 0 bridgehead atoms. The molecule has 1 unspecified atom stereocenters. The van der Waals surface area contributed by atoms with Crippen molar-refractivity contribution in [1.82, 2.24) is 19.9 Å². The number of fused-ring (bicyclic) bond motifs is 1. The summed E-state index contributed by atoms with van der Waals surface area (Å²) in [5.74, 6) is 0. The van der Waals surface area contributed by atoms with E-state index in [0.717, 1.165) is 16.7 Å². The first kappa shape index (κ1) is 11.7. The molecular weight excluding hydrogens is 214 g/mol. The van der Waals surface area contributed by atoms with Crippen LogP contribution < -0.4 is 0 Å². The maximum atomic E-state index is 8.14. The van der Waals surface area contributed by atoms with Crippen LogP contribution in [-0.4, -0.2) is 45.7 Å². The summed E-state index contributed by atoms with van der Waals surface area (Å²) in [6.45, 7) is 2.10. The lowest BCUT2D eigenvalue weighted by Gasteiger charge is -2.19. The maximum Gasteiger partial charge on any atom is 0.141 e. The van der Waals surface area contributed by atoms with E-state index in [9.17, 15) is 0 Å². The summed E-state index contributed by atoms with van der Waals surface area (Å²) in [6.07, 6.45) is 4.01. The molecule has 0 aliphatic rings. The van der Waals surface area contributed by atoms with E-state index >= 15 is 0 Å². The molecule has 0 aliphatic heterocycles. The van der Waals surface area contributed by atoms with Crippen LogP contribution in [0, 0.1) is 5.41 Å². The number of nitrogens with zero attached hydrogens (tertiary/aromatic N) is 3. The Bertz CT molecular complexity index is 528. The molecule has 2 aromatic rings. The minimum atomic E-state index is 0.325. The summed E-state index contributed by atoms with van der Waals surface area (Å²) in [6, 6.07) is 2.24. The molecule has 0 saturated carbocycles. The summed E-state index contributed by atoms with van der Waals surface area (Å²) in [7, 11) is 4.04. The predicted molar refractivity (Wildman–Crippen MR) is 68.5 cm³/mol. The van der Waals surface area contributed by atoms with Crippen molar-refractivity contribution < 1.29 is 0 Å². The first-order valence-corrected chi connectivity index (χ1v) is 5.62. The average molecular weight is 231 g/mol. The van der Waals surface area contributed by atoms with E-state index in [-0.39, 0.29) is 0 Å². The Morgan fingerprint density at radius 1 is 1.47 bits per heavy atom. The Hall–Kier alpha value is -1.75. The minimum Gasteiger partial charge on any atom is -0.346 e. The molecule has 0 radical (unpaired) electrons. The second kappa shape index (κ2) is 4.63. The molecule has 17 heavy (non-hydrogen) atoms. The van der Waals surface area contributed by atoms with Crippen molar-refractivity contribution in [2.75, 3.05) is 14.1 Å². The predicted octanol–water partition coefficient (Wildman–Crippen LogP) is 1.67. The van der Waals surface area contributed by atoms with Crippen molar-refractivity contribution in [1.29, 1.82) is 5.41 Å². The van der Waals surface area contributed by atoms with Gasteiger partial charge in [0.25, 0.3) is 0 Å². The SMILES string of the molecule is CC(CC(=N)c1ncnc2[nH]ccc12)N(C)C. The third-order valence-electron chi connectivity index (χ3n) is 3.02. The number of hydrogen-bond acceptors (Lipinski definition) is 4. The van der Waals surface area contributed by atoms with E-state index in [0.29, 0.717) is 18.2 Å². The van der Waals surface area contributed by atoms with Gasteiger partial charge in [-0.1, -0.05) is 0 Å². The highest BCUT2D eigenvalue weighted by atomic mass is 15.1. The number of rotatable bonds is 4. The van der Waals surface area contributed by atoms with E-state index in [1.54, 1.807) is 0 Å². The van der Waals surface area contributed by atoms with Crippen LogP contribution in [0.15, 0.2) is 18.6 Å². The fraction of sp³-hybridized carbons (Fsp3) is 0.417. The van der Waals surface area contributed by atoms with Gasteiger partial charge in [0, 0.05) is 24.0 Å². The van der Waals surface area contributed by atoms with Crippen molar-refractivity contribution in [2.24, 2.45) is 0 Å². The van der Waals surface area contributed by atoms with Crippen molar-refractivity contribution in [3.8, 4) is 0 Å². The number of hydrogen-bond donors (Lipinski definition) is 2. The quantitative estimate of drug-likeness (QED) is 0.786. The number of aromatic amines is 1. The molecule has 2 N–H and O–H groups in total. The standard InChI is InChI=1S/C12H17N5/c1-8(17(2)3)6-10(13)11-9-4-5-14-12(9)16-7-15-11/h4-5,7-8,13H,6H2,1-3H3,(H,14,15,16). The molecule has 2 aromatic heterocycles. The normalized spacial score (nSPS) is 13.2. The summed E-state index contributed by atoms with van der Waals surface area (Å²) in [5.41, 5.74) is 2.07. The zero-order valence-electron chi connectivity index (χ0n) is 10.4. The van der Waals surface area contributed by atoms with Crippen LogP contribution in [-0.2, 0) is 0 Å². The summed E-state index contributed by atoms with van der Waals surface area (Å²) < 4.78 is 0. The van der Waals surface area contributed by atoms with E-state index < -0.39 is 0 Å². The second-order valence-electron chi connectivity index (χ2n) is 4.46. The van der Waals surface area contributed by atoms with Crippen molar-refractivity contribution in [3.63, 3.8) is 0 Å².